The fourth-order valence-electron chi connectivity index (χ4n) is 3.31. The molecule has 0 aliphatic carbocycles. The summed E-state index contributed by atoms with van der Waals surface area (Å²) in [5, 5.41) is 9.83. The van der Waals surface area contributed by atoms with E-state index >= 15 is 0 Å². The predicted octanol–water partition coefficient (Wildman–Crippen LogP) is 3.81. The van der Waals surface area contributed by atoms with Gasteiger partial charge in [0.2, 0.25) is 0 Å². The Morgan fingerprint density at radius 2 is 2.23 bits per heavy atom. The molecule has 1 fully saturated rings. The van der Waals surface area contributed by atoms with Gasteiger partial charge in [-0.1, -0.05) is 11.6 Å². The van der Waals surface area contributed by atoms with Crippen LogP contribution >= 0.6 is 11.6 Å². The van der Waals surface area contributed by atoms with Crippen LogP contribution in [0.3, 0.4) is 0 Å². The molecule has 0 amide bonds. The molecule has 0 aromatic heterocycles. The second kappa shape index (κ2) is 7.97. The molecule has 1 aromatic rings. The molecular formula is C18H25ClN2O. The van der Waals surface area contributed by atoms with Gasteiger partial charge in [-0.2, -0.15) is 5.26 Å². The zero-order valence-corrected chi connectivity index (χ0v) is 14.5. The molecule has 1 heterocycles. The zero-order valence-electron chi connectivity index (χ0n) is 13.7. The Bertz CT molecular complexity index is 553. The number of nitrogens with zero attached hydrogens (tertiary/aromatic N) is 2. The maximum Gasteiger partial charge on any atom is 0.0995 e. The van der Waals surface area contributed by atoms with Crippen molar-refractivity contribution >= 4 is 11.6 Å². The van der Waals surface area contributed by atoms with Gasteiger partial charge in [-0.3, -0.25) is 4.90 Å². The largest absolute Gasteiger partial charge is 0.381 e. The Balaban J connectivity index is 1.96. The van der Waals surface area contributed by atoms with Crippen molar-refractivity contribution in [2.24, 2.45) is 5.92 Å². The summed E-state index contributed by atoms with van der Waals surface area (Å²) in [6, 6.07) is 6.57. The molecule has 4 heteroatoms. The predicted molar refractivity (Wildman–Crippen MR) is 90.2 cm³/mol. The van der Waals surface area contributed by atoms with Gasteiger partial charge in [0.1, 0.15) is 0 Å². The Morgan fingerprint density at radius 3 is 2.91 bits per heavy atom. The molecule has 2 atom stereocenters. The smallest absolute Gasteiger partial charge is 0.0995 e. The third kappa shape index (κ3) is 4.23. The van der Waals surface area contributed by atoms with Gasteiger partial charge >= 0.3 is 0 Å². The molecule has 0 bridgehead atoms. The van der Waals surface area contributed by atoms with E-state index in [1.54, 1.807) is 6.07 Å². The molecule has 1 aromatic carbocycles. The molecule has 22 heavy (non-hydrogen) atoms. The first kappa shape index (κ1) is 17.3. The van der Waals surface area contributed by atoms with Crippen LogP contribution in [0.25, 0.3) is 0 Å². The van der Waals surface area contributed by atoms with Crippen molar-refractivity contribution in [2.75, 3.05) is 26.3 Å². The lowest BCUT2D eigenvalue weighted by Gasteiger charge is -2.21. The van der Waals surface area contributed by atoms with Crippen LogP contribution in [0.15, 0.2) is 12.1 Å². The quantitative estimate of drug-likeness (QED) is 0.799. The maximum absolute atomic E-state index is 9.17. The van der Waals surface area contributed by atoms with Gasteiger partial charge in [-0.15, -0.1) is 0 Å². The highest BCUT2D eigenvalue weighted by Crippen LogP contribution is 2.25. The van der Waals surface area contributed by atoms with Gasteiger partial charge in [0, 0.05) is 30.8 Å². The molecule has 1 aliphatic heterocycles. The summed E-state index contributed by atoms with van der Waals surface area (Å²) < 4.78 is 5.56. The molecule has 0 radical (unpaired) electrons. The highest BCUT2D eigenvalue weighted by Gasteiger charge is 2.28. The van der Waals surface area contributed by atoms with Crippen molar-refractivity contribution < 1.29 is 4.74 Å². The molecule has 0 saturated carbocycles. The highest BCUT2D eigenvalue weighted by atomic mass is 35.5. The van der Waals surface area contributed by atoms with Crippen LogP contribution in [0.4, 0.5) is 0 Å². The van der Waals surface area contributed by atoms with E-state index in [9.17, 15) is 5.26 Å². The van der Waals surface area contributed by atoms with Crippen molar-refractivity contribution in [1.29, 1.82) is 5.26 Å². The van der Waals surface area contributed by atoms with Crippen molar-refractivity contribution in [3.63, 3.8) is 0 Å². The number of hydrogen-bond acceptors (Lipinski definition) is 3. The van der Waals surface area contributed by atoms with E-state index in [1.165, 1.54) is 12.0 Å². The minimum Gasteiger partial charge on any atom is -0.381 e. The molecule has 1 saturated heterocycles. The van der Waals surface area contributed by atoms with Crippen molar-refractivity contribution in [2.45, 2.75) is 39.7 Å². The Labute approximate surface area is 138 Å². The van der Waals surface area contributed by atoms with E-state index in [-0.39, 0.29) is 0 Å². The monoisotopic (exact) mass is 320 g/mol. The van der Waals surface area contributed by atoms with Gasteiger partial charge in [0.25, 0.3) is 0 Å². The second-order valence-electron chi connectivity index (χ2n) is 6.20. The molecule has 120 valence electrons. The van der Waals surface area contributed by atoms with Crippen LogP contribution in [0.2, 0.25) is 5.02 Å². The third-order valence-corrected chi connectivity index (χ3v) is 4.84. The third-order valence-electron chi connectivity index (χ3n) is 4.62. The van der Waals surface area contributed by atoms with Crippen LogP contribution in [-0.4, -0.2) is 37.2 Å². The summed E-state index contributed by atoms with van der Waals surface area (Å²) in [5.41, 5.74) is 2.93. The zero-order chi connectivity index (χ0) is 16.1. The molecule has 0 N–H and O–H groups in total. The van der Waals surface area contributed by atoms with Crippen LogP contribution < -0.4 is 0 Å². The molecule has 2 rings (SSSR count). The van der Waals surface area contributed by atoms with Crippen LogP contribution in [0.5, 0.6) is 0 Å². The van der Waals surface area contributed by atoms with Gasteiger partial charge in [0.05, 0.1) is 18.2 Å². The fraction of sp³-hybridized carbons (Fsp3) is 0.611. The number of rotatable bonds is 6. The second-order valence-corrected chi connectivity index (χ2v) is 6.64. The maximum atomic E-state index is 9.17. The fourth-order valence-corrected chi connectivity index (χ4v) is 3.55. The van der Waals surface area contributed by atoms with E-state index in [0.29, 0.717) is 22.5 Å². The summed E-state index contributed by atoms with van der Waals surface area (Å²) in [6.45, 7) is 10.1. The van der Waals surface area contributed by atoms with E-state index in [1.807, 2.05) is 19.9 Å². The SMILES string of the molecule is CCOCC1CC(C)N(CCc2cc(Cl)cc(C#N)c2C)C1. The van der Waals surface area contributed by atoms with Crippen molar-refractivity contribution in [3.8, 4) is 6.07 Å². The van der Waals surface area contributed by atoms with Crippen molar-refractivity contribution in [3.05, 3.63) is 33.8 Å². The number of halogens is 1. The number of nitriles is 1. The molecule has 2 unspecified atom stereocenters. The van der Waals surface area contributed by atoms with Crippen LogP contribution in [0.1, 0.15) is 37.0 Å². The number of ether oxygens (including phenoxy) is 1. The molecular weight excluding hydrogens is 296 g/mol. The van der Waals surface area contributed by atoms with E-state index in [2.05, 4.69) is 17.9 Å². The highest BCUT2D eigenvalue weighted by molar-refractivity contribution is 6.30. The molecule has 3 nitrogen and oxygen atoms in total. The van der Waals surface area contributed by atoms with Gasteiger partial charge in [-0.25, -0.2) is 0 Å². The van der Waals surface area contributed by atoms with E-state index < -0.39 is 0 Å². The van der Waals surface area contributed by atoms with E-state index in [0.717, 1.165) is 38.3 Å². The van der Waals surface area contributed by atoms with E-state index in [4.69, 9.17) is 16.3 Å². The Hall–Kier alpha value is -1.08. The van der Waals surface area contributed by atoms with Gasteiger partial charge in [-0.05, 0) is 62.8 Å². The number of likely N-dealkylation sites (tertiary alicyclic amines) is 1. The van der Waals surface area contributed by atoms with Gasteiger partial charge < -0.3 is 4.74 Å². The average molecular weight is 321 g/mol. The minimum atomic E-state index is 0.598. The summed E-state index contributed by atoms with van der Waals surface area (Å²) in [4.78, 5) is 2.52. The standard InChI is InChI=1S/C18H25ClN2O/c1-4-22-12-15-7-13(2)21(11-15)6-5-16-8-18(19)9-17(10-20)14(16)3/h8-9,13,15H,4-7,11-12H2,1-3H3. The Morgan fingerprint density at radius 1 is 1.45 bits per heavy atom. The summed E-state index contributed by atoms with van der Waals surface area (Å²) in [6.07, 6.45) is 2.14. The normalized spacial score (nSPS) is 22.0. The average Bonchev–Trinajstić information content (AvgIpc) is 2.85. The van der Waals surface area contributed by atoms with Crippen LogP contribution in [0, 0.1) is 24.2 Å². The summed E-state index contributed by atoms with van der Waals surface area (Å²) in [5.74, 6) is 0.644. The number of benzene rings is 1. The topological polar surface area (TPSA) is 36.3 Å². The lowest BCUT2D eigenvalue weighted by molar-refractivity contribution is 0.112. The summed E-state index contributed by atoms with van der Waals surface area (Å²) >= 11 is 6.12. The number of hydrogen-bond donors (Lipinski definition) is 0. The lowest BCUT2D eigenvalue weighted by Crippen LogP contribution is -2.30. The lowest BCUT2D eigenvalue weighted by atomic mass is 10.0. The van der Waals surface area contributed by atoms with Gasteiger partial charge in [0.15, 0.2) is 0 Å². The Kier molecular flexibility index (Phi) is 6.26. The molecule has 1 aliphatic rings. The first-order valence-electron chi connectivity index (χ1n) is 8.06. The van der Waals surface area contributed by atoms with Crippen molar-refractivity contribution in [1.82, 2.24) is 4.90 Å². The summed E-state index contributed by atoms with van der Waals surface area (Å²) in [7, 11) is 0. The first-order valence-corrected chi connectivity index (χ1v) is 8.43. The first-order chi connectivity index (χ1) is 10.5. The minimum absolute atomic E-state index is 0.598. The molecule has 0 spiro atoms. The van der Waals surface area contributed by atoms with Crippen LogP contribution in [-0.2, 0) is 11.2 Å².